The minimum atomic E-state index is -0.0881. The smallest absolute Gasteiger partial charge is 0.272 e. The van der Waals surface area contributed by atoms with Crippen LogP contribution in [0.3, 0.4) is 0 Å². The predicted molar refractivity (Wildman–Crippen MR) is 86.3 cm³/mol. The molecule has 20 heavy (non-hydrogen) atoms. The summed E-state index contributed by atoms with van der Waals surface area (Å²) in [5, 5.41) is 2.93. The highest BCUT2D eigenvalue weighted by Crippen LogP contribution is 2.19. The van der Waals surface area contributed by atoms with Gasteiger partial charge in [-0.1, -0.05) is 26.0 Å². The number of nitrogens with one attached hydrogen (secondary N) is 1. The summed E-state index contributed by atoms with van der Waals surface area (Å²) in [7, 11) is 0. The van der Waals surface area contributed by atoms with Gasteiger partial charge in [0.15, 0.2) is 0 Å². The summed E-state index contributed by atoms with van der Waals surface area (Å²) < 4.78 is 2.83. The summed E-state index contributed by atoms with van der Waals surface area (Å²) in [6.07, 6.45) is 1.91. The number of aryl methyl sites for hydroxylation is 1. The minimum Gasteiger partial charge on any atom is -0.343 e. The number of halogens is 1. The van der Waals surface area contributed by atoms with Gasteiger partial charge >= 0.3 is 0 Å². The molecule has 1 aromatic carbocycles. The van der Waals surface area contributed by atoms with E-state index in [4.69, 9.17) is 0 Å². The molecule has 0 aliphatic carbocycles. The zero-order chi connectivity index (χ0) is 14.7. The highest BCUT2D eigenvalue weighted by molar-refractivity contribution is 9.10. The van der Waals surface area contributed by atoms with Crippen molar-refractivity contribution in [1.82, 2.24) is 4.57 Å². The third kappa shape index (κ3) is 3.31. The molecule has 0 aliphatic rings. The van der Waals surface area contributed by atoms with Crippen molar-refractivity contribution in [2.24, 2.45) is 0 Å². The Hall–Kier alpha value is -1.55. The Kier molecular flexibility index (Phi) is 4.65. The number of hydrogen-bond acceptors (Lipinski definition) is 1. The first-order chi connectivity index (χ1) is 9.51. The van der Waals surface area contributed by atoms with Gasteiger partial charge in [-0.15, -0.1) is 0 Å². The average molecular weight is 335 g/mol. The molecule has 0 fully saturated rings. The number of aromatic nitrogens is 1. The van der Waals surface area contributed by atoms with Gasteiger partial charge in [-0.2, -0.15) is 0 Å². The molecule has 0 bridgehead atoms. The highest BCUT2D eigenvalue weighted by atomic mass is 79.9. The van der Waals surface area contributed by atoms with Gasteiger partial charge in [0.2, 0.25) is 0 Å². The van der Waals surface area contributed by atoms with E-state index < -0.39 is 0 Å². The molecule has 0 atom stereocenters. The molecule has 2 aromatic rings. The Morgan fingerprint density at radius 3 is 2.50 bits per heavy atom. The van der Waals surface area contributed by atoms with Gasteiger partial charge in [0.25, 0.3) is 5.91 Å². The maximum absolute atomic E-state index is 12.3. The second-order valence-corrected chi connectivity index (χ2v) is 5.98. The van der Waals surface area contributed by atoms with E-state index in [0.29, 0.717) is 11.6 Å². The van der Waals surface area contributed by atoms with Gasteiger partial charge in [0.05, 0.1) is 0 Å². The average Bonchev–Trinajstić information content (AvgIpc) is 2.80. The van der Waals surface area contributed by atoms with Crippen molar-refractivity contribution < 1.29 is 4.79 Å². The second kappa shape index (κ2) is 6.27. The first kappa shape index (κ1) is 14.9. The Balaban J connectivity index is 2.14. The van der Waals surface area contributed by atoms with Crippen molar-refractivity contribution in [1.29, 1.82) is 0 Å². The van der Waals surface area contributed by atoms with E-state index in [-0.39, 0.29) is 5.91 Å². The molecule has 106 valence electrons. The van der Waals surface area contributed by atoms with Crippen LogP contribution < -0.4 is 5.32 Å². The van der Waals surface area contributed by atoms with Crippen molar-refractivity contribution in [2.45, 2.75) is 33.2 Å². The highest BCUT2D eigenvalue weighted by Gasteiger charge is 2.12. The van der Waals surface area contributed by atoms with Gasteiger partial charge in [-0.3, -0.25) is 4.79 Å². The topological polar surface area (TPSA) is 34.0 Å². The van der Waals surface area contributed by atoms with Gasteiger partial charge in [0, 0.05) is 22.9 Å². The zero-order valence-electron chi connectivity index (χ0n) is 12.0. The van der Waals surface area contributed by atoms with Crippen LogP contribution in [0.25, 0.3) is 0 Å². The first-order valence-electron chi connectivity index (χ1n) is 6.78. The van der Waals surface area contributed by atoms with Gasteiger partial charge in [-0.05, 0) is 52.5 Å². The lowest BCUT2D eigenvalue weighted by Gasteiger charge is -2.09. The largest absolute Gasteiger partial charge is 0.343 e. The number of carbonyl (C=O) groups excluding carboxylic acids is 1. The SMILES string of the molecule is CCn1cc(Br)cc1C(=O)Nc1ccc(C(C)C)cc1. The fourth-order valence-corrected chi connectivity index (χ4v) is 2.54. The monoisotopic (exact) mass is 334 g/mol. The number of carbonyl (C=O) groups is 1. The number of benzene rings is 1. The van der Waals surface area contributed by atoms with E-state index in [1.807, 2.05) is 35.9 Å². The molecule has 0 spiro atoms. The summed E-state index contributed by atoms with van der Waals surface area (Å²) in [4.78, 5) is 12.3. The molecule has 1 N–H and O–H groups in total. The lowest BCUT2D eigenvalue weighted by Crippen LogP contribution is -2.16. The molecular weight excluding hydrogens is 316 g/mol. The van der Waals surface area contributed by atoms with Crippen molar-refractivity contribution in [3.63, 3.8) is 0 Å². The molecule has 1 heterocycles. The van der Waals surface area contributed by atoms with Crippen LogP contribution in [0.1, 0.15) is 42.7 Å². The number of rotatable bonds is 4. The van der Waals surface area contributed by atoms with E-state index in [9.17, 15) is 4.79 Å². The normalized spacial score (nSPS) is 10.8. The molecular formula is C16H19BrN2O. The van der Waals surface area contributed by atoms with E-state index in [0.717, 1.165) is 16.7 Å². The van der Waals surface area contributed by atoms with Crippen LogP contribution in [0.15, 0.2) is 41.0 Å². The summed E-state index contributed by atoms with van der Waals surface area (Å²) in [5.41, 5.74) is 2.74. The third-order valence-corrected chi connectivity index (χ3v) is 3.71. The maximum Gasteiger partial charge on any atom is 0.272 e. The van der Waals surface area contributed by atoms with Crippen molar-refractivity contribution >= 4 is 27.5 Å². The van der Waals surface area contributed by atoms with Crippen LogP contribution >= 0.6 is 15.9 Å². The summed E-state index contributed by atoms with van der Waals surface area (Å²) in [6, 6.07) is 9.83. The summed E-state index contributed by atoms with van der Waals surface area (Å²) in [5.74, 6) is 0.405. The molecule has 3 nitrogen and oxygen atoms in total. The summed E-state index contributed by atoms with van der Waals surface area (Å²) >= 11 is 3.40. The molecule has 0 radical (unpaired) electrons. The lowest BCUT2D eigenvalue weighted by atomic mass is 10.0. The predicted octanol–water partition coefficient (Wildman–Crippen LogP) is 4.65. The van der Waals surface area contributed by atoms with Crippen LogP contribution in [0.5, 0.6) is 0 Å². The van der Waals surface area contributed by atoms with Crippen LogP contribution in [0, 0.1) is 0 Å². The van der Waals surface area contributed by atoms with Crippen LogP contribution in [0.2, 0.25) is 0 Å². The van der Waals surface area contributed by atoms with Crippen molar-refractivity contribution in [3.05, 3.63) is 52.3 Å². The summed E-state index contributed by atoms with van der Waals surface area (Å²) in [6.45, 7) is 7.08. The Bertz CT molecular complexity index is 599. The molecule has 0 saturated heterocycles. The van der Waals surface area contributed by atoms with Crippen LogP contribution in [-0.4, -0.2) is 10.5 Å². The molecule has 1 aromatic heterocycles. The van der Waals surface area contributed by atoms with Gasteiger partial charge in [-0.25, -0.2) is 0 Å². The van der Waals surface area contributed by atoms with Crippen molar-refractivity contribution in [2.75, 3.05) is 5.32 Å². The van der Waals surface area contributed by atoms with Gasteiger partial charge in [0.1, 0.15) is 5.69 Å². The molecule has 4 heteroatoms. The Morgan fingerprint density at radius 2 is 1.95 bits per heavy atom. The molecule has 0 saturated carbocycles. The molecule has 0 aliphatic heterocycles. The fourth-order valence-electron chi connectivity index (χ4n) is 2.07. The maximum atomic E-state index is 12.3. The minimum absolute atomic E-state index is 0.0881. The van der Waals surface area contributed by atoms with E-state index in [2.05, 4.69) is 47.2 Å². The number of nitrogens with zero attached hydrogens (tertiary/aromatic N) is 1. The number of anilines is 1. The Morgan fingerprint density at radius 1 is 1.30 bits per heavy atom. The number of hydrogen-bond donors (Lipinski definition) is 1. The first-order valence-corrected chi connectivity index (χ1v) is 7.57. The van der Waals surface area contributed by atoms with E-state index >= 15 is 0 Å². The van der Waals surface area contributed by atoms with Gasteiger partial charge < -0.3 is 9.88 Å². The molecule has 1 amide bonds. The quantitative estimate of drug-likeness (QED) is 0.867. The van der Waals surface area contributed by atoms with E-state index in [1.165, 1.54) is 5.56 Å². The Labute approximate surface area is 128 Å². The van der Waals surface area contributed by atoms with E-state index in [1.54, 1.807) is 0 Å². The van der Waals surface area contributed by atoms with Crippen LogP contribution in [0.4, 0.5) is 5.69 Å². The molecule has 2 rings (SSSR count). The second-order valence-electron chi connectivity index (χ2n) is 5.06. The third-order valence-electron chi connectivity index (χ3n) is 3.27. The lowest BCUT2D eigenvalue weighted by molar-refractivity contribution is 0.101. The standard InChI is InChI=1S/C16H19BrN2O/c1-4-19-10-13(17)9-15(19)16(20)18-14-7-5-12(6-8-14)11(2)3/h5-11H,4H2,1-3H3,(H,18,20). The van der Waals surface area contributed by atoms with Crippen LogP contribution in [-0.2, 0) is 6.54 Å². The fraction of sp³-hybridized carbons (Fsp3) is 0.312. The zero-order valence-corrected chi connectivity index (χ0v) is 13.6. The number of amides is 1. The van der Waals surface area contributed by atoms with Crippen molar-refractivity contribution in [3.8, 4) is 0 Å². The molecule has 0 unspecified atom stereocenters.